The van der Waals surface area contributed by atoms with E-state index in [-0.39, 0.29) is 11.5 Å². The molecule has 0 radical (unpaired) electrons. The molecule has 0 spiro atoms. The molecule has 0 unspecified atom stereocenters. The second-order valence-electron chi connectivity index (χ2n) is 3.26. The first-order valence-corrected chi connectivity index (χ1v) is 4.58. The Morgan fingerprint density at radius 3 is 3.12 bits per heavy atom. The van der Waals surface area contributed by atoms with Gasteiger partial charge in [0.2, 0.25) is 0 Å². The summed E-state index contributed by atoms with van der Waals surface area (Å²) >= 11 is 0. The van der Waals surface area contributed by atoms with E-state index in [0.29, 0.717) is 6.42 Å². The van der Waals surface area contributed by atoms with E-state index >= 15 is 0 Å². The maximum atomic E-state index is 10.8. The molecular weight excluding hydrogens is 212 g/mol. The second-order valence-corrected chi connectivity index (χ2v) is 3.26. The van der Waals surface area contributed by atoms with E-state index in [9.17, 15) is 4.79 Å². The fourth-order valence-corrected chi connectivity index (χ4v) is 1.40. The first-order chi connectivity index (χ1) is 7.68. The van der Waals surface area contributed by atoms with Gasteiger partial charge in [-0.25, -0.2) is 14.8 Å². The van der Waals surface area contributed by atoms with Crippen molar-refractivity contribution in [2.75, 3.05) is 0 Å². The number of oxazole rings is 1. The fourth-order valence-electron chi connectivity index (χ4n) is 1.40. The van der Waals surface area contributed by atoms with Crippen molar-refractivity contribution in [3.8, 4) is 0 Å². The molecule has 0 saturated carbocycles. The van der Waals surface area contributed by atoms with Crippen LogP contribution in [-0.4, -0.2) is 26.0 Å². The van der Waals surface area contributed by atoms with Gasteiger partial charge in [-0.1, -0.05) is 0 Å². The van der Waals surface area contributed by atoms with Crippen LogP contribution in [0.4, 0.5) is 0 Å². The fraction of sp³-hybridized carbons (Fsp3) is 0.222. The van der Waals surface area contributed by atoms with Crippen molar-refractivity contribution >= 4 is 5.97 Å². The highest BCUT2D eigenvalue weighted by molar-refractivity contribution is 5.86. The van der Waals surface area contributed by atoms with Crippen molar-refractivity contribution in [1.29, 1.82) is 0 Å². The minimum Gasteiger partial charge on any atom is -0.476 e. The van der Waals surface area contributed by atoms with Crippen LogP contribution in [0, 0.1) is 0 Å². The standard InChI is InChI=1S/C9H10N4O3/c10-6(1-5-2-11-3-12-5)8-7(9(14)15)13-4-16-8/h2-4,6H,1,10H2,(H,11,12)(H,14,15)/t6-/m1/s1. The number of H-pyrrole nitrogens is 1. The summed E-state index contributed by atoms with van der Waals surface area (Å²) in [5.74, 6) is -0.981. The number of aromatic nitrogens is 3. The highest BCUT2D eigenvalue weighted by atomic mass is 16.4. The van der Waals surface area contributed by atoms with E-state index in [1.54, 1.807) is 6.20 Å². The molecule has 4 N–H and O–H groups in total. The van der Waals surface area contributed by atoms with Gasteiger partial charge in [-0.05, 0) is 0 Å². The predicted octanol–water partition coefficient (Wildman–Crippen LogP) is 0.338. The highest BCUT2D eigenvalue weighted by Gasteiger charge is 2.21. The van der Waals surface area contributed by atoms with Crippen LogP contribution in [0.1, 0.15) is 28.0 Å². The summed E-state index contributed by atoms with van der Waals surface area (Å²) in [6, 6.07) is -0.561. The Hall–Kier alpha value is -2.15. The third-order valence-electron chi connectivity index (χ3n) is 2.13. The molecule has 84 valence electrons. The van der Waals surface area contributed by atoms with E-state index in [0.717, 1.165) is 12.1 Å². The number of imidazole rings is 1. The van der Waals surface area contributed by atoms with Gasteiger partial charge in [0.25, 0.3) is 0 Å². The predicted molar refractivity (Wildman–Crippen MR) is 52.7 cm³/mol. The quantitative estimate of drug-likeness (QED) is 0.686. The summed E-state index contributed by atoms with van der Waals surface area (Å²) in [4.78, 5) is 21.1. The molecule has 7 nitrogen and oxygen atoms in total. The normalized spacial score (nSPS) is 12.6. The molecule has 0 aliphatic rings. The number of nitrogens with zero attached hydrogens (tertiary/aromatic N) is 2. The van der Waals surface area contributed by atoms with Gasteiger partial charge in [0.15, 0.2) is 17.8 Å². The van der Waals surface area contributed by atoms with Gasteiger partial charge in [0, 0.05) is 18.3 Å². The van der Waals surface area contributed by atoms with Gasteiger partial charge >= 0.3 is 5.97 Å². The lowest BCUT2D eigenvalue weighted by Crippen LogP contribution is -2.16. The van der Waals surface area contributed by atoms with Crippen LogP contribution in [0.2, 0.25) is 0 Å². The Bertz CT molecular complexity index is 477. The molecule has 0 aliphatic heterocycles. The molecule has 0 fully saturated rings. The molecule has 1 atom stereocenters. The Kier molecular flexibility index (Phi) is 2.69. The lowest BCUT2D eigenvalue weighted by molar-refractivity contribution is 0.0688. The van der Waals surface area contributed by atoms with Crippen LogP contribution in [-0.2, 0) is 6.42 Å². The molecule has 2 aromatic rings. The maximum absolute atomic E-state index is 10.8. The van der Waals surface area contributed by atoms with Crippen LogP contribution in [0.25, 0.3) is 0 Å². The van der Waals surface area contributed by atoms with Crippen molar-refractivity contribution in [2.45, 2.75) is 12.5 Å². The van der Waals surface area contributed by atoms with Crippen LogP contribution in [0.3, 0.4) is 0 Å². The zero-order chi connectivity index (χ0) is 11.5. The molecule has 0 amide bonds. The van der Waals surface area contributed by atoms with E-state index in [4.69, 9.17) is 15.3 Å². The highest BCUT2D eigenvalue weighted by Crippen LogP contribution is 2.18. The molecule has 2 heterocycles. The van der Waals surface area contributed by atoms with E-state index in [1.807, 2.05) is 0 Å². The van der Waals surface area contributed by atoms with Crippen LogP contribution >= 0.6 is 0 Å². The van der Waals surface area contributed by atoms with Crippen molar-refractivity contribution in [3.63, 3.8) is 0 Å². The Morgan fingerprint density at radius 1 is 1.69 bits per heavy atom. The van der Waals surface area contributed by atoms with E-state index in [1.165, 1.54) is 6.33 Å². The smallest absolute Gasteiger partial charge is 0.358 e. The molecule has 16 heavy (non-hydrogen) atoms. The van der Waals surface area contributed by atoms with E-state index in [2.05, 4.69) is 15.0 Å². The number of carboxylic acids is 1. The van der Waals surface area contributed by atoms with E-state index < -0.39 is 12.0 Å². The summed E-state index contributed by atoms with van der Waals surface area (Å²) in [6.45, 7) is 0. The number of hydrogen-bond donors (Lipinski definition) is 3. The number of carboxylic acid groups (broad SMARTS) is 1. The Morgan fingerprint density at radius 2 is 2.50 bits per heavy atom. The first-order valence-electron chi connectivity index (χ1n) is 4.58. The van der Waals surface area contributed by atoms with Crippen LogP contribution in [0.15, 0.2) is 23.3 Å². The lowest BCUT2D eigenvalue weighted by Gasteiger charge is -2.07. The summed E-state index contributed by atoms with van der Waals surface area (Å²) in [6.07, 6.45) is 4.64. The number of hydrogen-bond acceptors (Lipinski definition) is 5. The first kappa shape index (κ1) is 10.4. The lowest BCUT2D eigenvalue weighted by atomic mass is 10.1. The second kappa shape index (κ2) is 4.15. The van der Waals surface area contributed by atoms with Crippen LogP contribution < -0.4 is 5.73 Å². The summed E-state index contributed by atoms with van der Waals surface area (Å²) < 4.78 is 4.99. The van der Waals surface area contributed by atoms with Gasteiger partial charge in [-0.2, -0.15) is 0 Å². The molecule has 0 aliphatic carbocycles. The number of nitrogens with one attached hydrogen (secondary N) is 1. The Labute approximate surface area is 90.3 Å². The molecule has 7 heteroatoms. The van der Waals surface area contributed by atoms with Crippen molar-refractivity contribution < 1.29 is 14.3 Å². The number of carbonyl (C=O) groups is 1. The molecule has 0 aromatic carbocycles. The van der Waals surface area contributed by atoms with Gasteiger partial charge < -0.3 is 20.2 Å². The minimum atomic E-state index is -1.15. The monoisotopic (exact) mass is 222 g/mol. The molecular formula is C9H10N4O3. The third kappa shape index (κ3) is 1.94. The minimum absolute atomic E-state index is 0.146. The third-order valence-corrected chi connectivity index (χ3v) is 2.13. The molecule has 0 bridgehead atoms. The van der Waals surface area contributed by atoms with Crippen molar-refractivity contribution in [2.24, 2.45) is 5.73 Å². The van der Waals surface area contributed by atoms with Gasteiger partial charge in [-0.15, -0.1) is 0 Å². The number of nitrogens with two attached hydrogens (primary N) is 1. The molecule has 2 rings (SSSR count). The summed E-state index contributed by atoms with van der Waals surface area (Å²) in [5, 5.41) is 8.83. The SMILES string of the molecule is N[C@H](Cc1cnc[nH]1)c1ocnc1C(=O)O. The van der Waals surface area contributed by atoms with Crippen molar-refractivity contribution in [3.05, 3.63) is 36.1 Å². The van der Waals surface area contributed by atoms with Gasteiger partial charge in [0.1, 0.15) is 0 Å². The Balaban J connectivity index is 2.17. The number of aromatic amines is 1. The van der Waals surface area contributed by atoms with Gasteiger partial charge in [0.05, 0.1) is 12.4 Å². The zero-order valence-corrected chi connectivity index (χ0v) is 8.25. The zero-order valence-electron chi connectivity index (χ0n) is 8.25. The average molecular weight is 222 g/mol. The maximum Gasteiger partial charge on any atom is 0.358 e. The number of aromatic carboxylic acids is 1. The molecule has 0 saturated heterocycles. The summed E-state index contributed by atoms with van der Waals surface area (Å²) in [5.41, 5.74) is 6.48. The largest absolute Gasteiger partial charge is 0.476 e. The van der Waals surface area contributed by atoms with Crippen molar-refractivity contribution in [1.82, 2.24) is 15.0 Å². The van der Waals surface area contributed by atoms with Crippen LogP contribution in [0.5, 0.6) is 0 Å². The van der Waals surface area contributed by atoms with Gasteiger partial charge in [-0.3, -0.25) is 0 Å². The molecule has 2 aromatic heterocycles. The average Bonchev–Trinajstić information content (AvgIpc) is 2.86. The summed E-state index contributed by atoms with van der Waals surface area (Å²) in [7, 11) is 0. The number of rotatable bonds is 4. The topological polar surface area (TPSA) is 118 Å².